The highest BCUT2D eigenvalue weighted by atomic mass is 16.2. The summed E-state index contributed by atoms with van der Waals surface area (Å²) in [6.07, 6.45) is 2.17. The van der Waals surface area contributed by atoms with Crippen molar-refractivity contribution in [3.63, 3.8) is 0 Å². The summed E-state index contributed by atoms with van der Waals surface area (Å²) in [7, 11) is 0. The van der Waals surface area contributed by atoms with Gasteiger partial charge in [-0.3, -0.25) is 14.4 Å². The van der Waals surface area contributed by atoms with E-state index in [-0.39, 0.29) is 5.91 Å². The lowest BCUT2D eigenvalue weighted by Gasteiger charge is -2.15. The minimum Gasteiger partial charge on any atom is -0.348 e. The van der Waals surface area contributed by atoms with Crippen LogP contribution in [0.1, 0.15) is 30.4 Å². The van der Waals surface area contributed by atoms with Gasteiger partial charge in [-0.1, -0.05) is 6.07 Å². The first-order valence-electron chi connectivity index (χ1n) is 7.91. The van der Waals surface area contributed by atoms with Gasteiger partial charge in [0.05, 0.1) is 0 Å². The Bertz CT molecular complexity index is 613. The summed E-state index contributed by atoms with van der Waals surface area (Å²) in [6, 6.07) is 5.50. The lowest BCUT2D eigenvalue weighted by molar-refractivity contribution is -0.136. The predicted octanol–water partition coefficient (Wildman–Crippen LogP) is 1.37. The molecule has 1 heterocycles. The molecule has 1 aliphatic rings. The van der Waals surface area contributed by atoms with Gasteiger partial charge in [-0.25, -0.2) is 0 Å². The molecule has 6 heteroatoms. The third kappa shape index (κ3) is 4.81. The minimum atomic E-state index is -0.675. The van der Waals surface area contributed by atoms with Gasteiger partial charge in [0.25, 0.3) is 0 Å². The SMILES string of the molecule is Cc1ccc(NC(=O)C(=O)NCCCN2CCCC2=O)cc1C. The number of likely N-dealkylation sites (tertiary alicyclic amines) is 1. The maximum Gasteiger partial charge on any atom is 0.313 e. The molecule has 0 atom stereocenters. The molecule has 23 heavy (non-hydrogen) atoms. The summed E-state index contributed by atoms with van der Waals surface area (Å²) < 4.78 is 0. The first-order valence-corrected chi connectivity index (χ1v) is 7.91. The molecule has 0 radical (unpaired) electrons. The molecular formula is C17H23N3O3. The standard InChI is InChI=1S/C17H23N3O3/c1-12-6-7-14(11-13(12)2)19-17(23)16(22)18-8-4-10-20-9-3-5-15(20)21/h6-7,11H,3-5,8-10H2,1-2H3,(H,18,22)(H,19,23). The Hall–Kier alpha value is -2.37. The van der Waals surface area contributed by atoms with Crippen LogP contribution in [-0.2, 0) is 14.4 Å². The number of hydrogen-bond donors (Lipinski definition) is 2. The lowest BCUT2D eigenvalue weighted by atomic mass is 10.1. The molecule has 6 nitrogen and oxygen atoms in total. The third-order valence-corrected chi connectivity index (χ3v) is 4.03. The Morgan fingerprint density at radius 2 is 1.96 bits per heavy atom. The zero-order valence-electron chi connectivity index (χ0n) is 13.6. The van der Waals surface area contributed by atoms with Crippen LogP contribution < -0.4 is 10.6 Å². The van der Waals surface area contributed by atoms with Crippen molar-refractivity contribution in [2.75, 3.05) is 25.0 Å². The summed E-state index contributed by atoms with van der Waals surface area (Å²) in [5.41, 5.74) is 2.79. The molecule has 0 aliphatic carbocycles. The number of nitrogens with one attached hydrogen (secondary N) is 2. The molecule has 1 saturated heterocycles. The van der Waals surface area contributed by atoms with Crippen molar-refractivity contribution >= 4 is 23.4 Å². The normalized spacial score (nSPS) is 14.0. The van der Waals surface area contributed by atoms with Gasteiger partial charge in [0.1, 0.15) is 0 Å². The Morgan fingerprint density at radius 3 is 2.61 bits per heavy atom. The molecule has 0 aromatic heterocycles. The van der Waals surface area contributed by atoms with Crippen LogP contribution in [0.2, 0.25) is 0 Å². The number of carbonyl (C=O) groups excluding carboxylic acids is 3. The summed E-state index contributed by atoms with van der Waals surface area (Å²) in [5.74, 6) is -1.16. The third-order valence-electron chi connectivity index (χ3n) is 4.03. The molecule has 2 rings (SSSR count). The number of carbonyl (C=O) groups is 3. The van der Waals surface area contributed by atoms with E-state index >= 15 is 0 Å². The Labute approximate surface area is 136 Å². The predicted molar refractivity (Wildman–Crippen MR) is 88.0 cm³/mol. The van der Waals surface area contributed by atoms with Gasteiger partial charge in [0.2, 0.25) is 5.91 Å². The van der Waals surface area contributed by atoms with E-state index in [9.17, 15) is 14.4 Å². The fraction of sp³-hybridized carbons (Fsp3) is 0.471. The first-order chi connectivity index (χ1) is 11.0. The van der Waals surface area contributed by atoms with Crippen LogP contribution >= 0.6 is 0 Å². The molecule has 1 aromatic rings. The number of benzene rings is 1. The van der Waals surface area contributed by atoms with Crippen LogP contribution in [0.25, 0.3) is 0 Å². The molecule has 0 bridgehead atoms. The molecule has 1 fully saturated rings. The fourth-order valence-electron chi connectivity index (χ4n) is 2.50. The topological polar surface area (TPSA) is 78.5 Å². The van der Waals surface area contributed by atoms with Crippen molar-refractivity contribution < 1.29 is 14.4 Å². The molecule has 2 N–H and O–H groups in total. The number of nitrogens with zero attached hydrogens (tertiary/aromatic N) is 1. The highest BCUT2D eigenvalue weighted by Crippen LogP contribution is 2.14. The zero-order valence-corrected chi connectivity index (χ0v) is 13.6. The van der Waals surface area contributed by atoms with Gasteiger partial charge >= 0.3 is 11.8 Å². The van der Waals surface area contributed by atoms with Gasteiger partial charge in [-0.05, 0) is 49.9 Å². The quantitative estimate of drug-likeness (QED) is 0.636. The number of amides is 3. The smallest absolute Gasteiger partial charge is 0.313 e. The summed E-state index contributed by atoms with van der Waals surface area (Å²) >= 11 is 0. The number of rotatable bonds is 5. The molecule has 124 valence electrons. The Kier molecular flexibility index (Phi) is 5.73. The van der Waals surface area contributed by atoms with E-state index in [1.807, 2.05) is 26.0 Å². The van der Waals surface area contributed by atoms with Crippen LogP contribution in [0.3, 0.4) is 0 Å². The van der Waals surface area contributed by atoms with Crippen molar-refractivity contribution in [1.82, 2.24) is 10.2 Å². The summed E-state index contributed by atoms with van der Waals surface area (Å²) in [6.45, 7) is 5.73. The Balaban J connectivity index is 1.71. The van der Waals surface area contributed by atoms with E-state index in [2.05, 4.69) is 10.6 Å². The number of hydrogen-bond acceptors (Lipinski definition) is 3. The van der Waals surface area contributed by atoms with Gasteiger partial charge in [0.15, 0.2) is 0 Å². The van der Waals surface area contributed by atoms with Crippen molar-refractivity contribution in [1.29, 1.82) is 0 Å². The maximum atomic E-state index is 11.8. The van der Waals surface area contributed by atoms with E-state index in [4.69, 9.17) is 0 Å². The number of anilines is 1. The largest absolute Gasteiger partial charge is 0.348 e. The molecule has 0 spiro atoms. The highest BCUT2D eigenvalue weighted by molar-refractivity contribution is 6.39. The van der Waals surface area contributed by atoms with E-state index in [1.54, 1.807) is 11.0 Å². The van der Waals surface area contributed by atoms with Crippen molar-refractivity contribution in [3.05, 3.63) is 29.3 Å². The van der Waals surface area contributed by atoms with Crippen LogP contribution in [0.5, 0.6) is 0 Å². The van der Waals surface area contributed by atoms with Crippen LogP contribution in [0, 0.1) is 13.8 Å². The monoisotopic (exact) mass is 317 g/mol. The number of aryl methyl sites for hydroxylation is 2. The average molecular weight is 317 g/mol. The van der Waals surface area contributed by atoms with E-state index in [0.717, 1.165) is 24.1 Å². The second-order valence-electron chi connectivity index (χ2n) is 5.85. The molecule has 3 amide bonds. The average Bonchev–Trinajstić information content (AvgIpc) is 2.92. The molecule has 0 unspecified atom stereocenters. The van der Waals surface area contributed by atoms with Gasteiger partial charge < -0.3 is 15.5 Å². The minimum absolute atomic E-state index is 0.170. The lowest BCUT2D eigenvalue weighted by Crippen LogP contribution is -2.37. The van der Waals surface area contributed by atoms with Gasteiger partial charge in [0, 0.05) is 31.7 Å². The van der Waals surface area contributed by atoms with Crippen LogP contribution in [-0.4, -0.2) is 42.3 Å². The zero-order chi connectivity index (χ0) is 16.8. The molecule has 0 saturated carbocycles. The molecule has 1 aliphatic heterocycles. The van der Waals surface area contributed by atoms with E-state index in [1.165, 1.54) is 0 Å². The molecular weight excluding hydrogens is 294 g/mol. The highest BCUT2D eigenvalue weighted by Gasteiger charge is 2.19. The van der Waals surface area contributed by atoms with Gasteiger partial charge in [-0.15, -0.1) is 0 Å². The van der Waals surface area contributed by atoms with E-state index in [0.29, 0.717) is 31.6 Å². The van der Waals surface area contributed by atoms with E-state index < -0.39 is 11.8 Å². The second kappa shape index (κ2) is 7.76. The van der Waals surface area contributed by atoms with Crippen LogP contribution in [0.4, 0.5) is 5.69 Å². The van der Waals surface area contributed by atoms with Gasteiger partial charge in [-0.2, -0.15) is 0 Å². The maximum absolute atomic E-state index is 11.8. The second-order valence-corrected chi connectivity index (χ2v) is 5.85. The summed E-state index contributed by atoms with van der Waals surface area (Å²) in [5, 5.41) is 5.16. The molecule has 1 aromatic carbocycles. The van der Waals surface area contributed by atoms with Crippen molar-refractivity contribution in [2.45, 2.75) is 33.1 Å². The summed E-state index contributed by atoms with van der Waals surface area (Å²) in [4.78, 5) is 36.8. The fourth-order valence-corrected chi connectivity index (χ4v) is 2.50. The first kappa shape index (κ1) is 17.0. The Morgan fingerprint density at radius 1 is 1.17 bits per heavy atom. The van der Waals surface area contributed by atoms with Crippen molar-refractivity contribution in [3.8, 4) is 0 Å². The van der Waals surface area contributed by atoms with Crippen LogP contribution in [0.15, 0.2) is 18.2 Å². The van der Waals surface area contributed by atoms with Crippen molar-refractivity contribution in [2.24, 2.45) is 0 Å².